The second-order valence-electron chi connectivity index (χ2n) is 6.44. The Hall–Kier alpha value is -2.19. The molecular formula is C16H22N4O3S. The summed E-state index contributed by atoms with van der Waals surface area (Å²) >= 11 is 0. The Morgan fingerprint density at radius 3 is 2.38 bits per heavy atom. The van der Waals surface area contributed by atoms with Crippen molar-refractivity contribution >= 4 is 21.7 Å². The fourth-order valence-electron chi connectivity index (χ4n) is 2.05. The zero-order chi connectivity index (χ0) is 17.8. The number of nitrogens with one attached hydrogen (secondary N) is 3. The number of aromatic amines is 1. The summed E-state index contributed by atoms with van der Waals surface area (Å²) in [7, 11) is -3.63. The zero-order valence-electron chi connectivity index (χ0n) is 14.0. The molecule has 3 N–H and O–H groups in total. The molecule has 2 aromatic rings. The maximum Gasteiger partial charge on any atom is 0.240 e. The number of H-pyrrole nitrogens is 1. The maximum absolute atomic E-state index is 12.2. The SMILES string of the molecule is CC(C)(C)c1ccc(S(=O)(=O)NCCC(=O)Nc2ccn[nH]2)cc1. The van der Waals surface area contributed by atoms with Crippen molar-refractivity contribution < 1.29 is 13.2 Å². The highest BCUT2D eigenvalue weighted by atomic mass is 32.2. The number of hydrogen-bond acceptors (Lipinski definition) is 4. The molecule has 0 fully saturated rings. The first kappa shape index (κ1) is 18.2. The van der Waals surface area contributed by atoms with Crippen molar-refractivity contribution in [3.63, 3.8) is 0 Å². The first-order valence-electron chi connectivity index (χ1n) is 7.58. The van der Waals surface area contributed by atoms with E-state index in [1.807, 2.05) is 0 Å². The lowest BCUT2D eigenvalue weighted by Crippen LogP contribution is -2.28. The van der Waals surface area contributed by atoms with Gasteiger partial charge in [0, 0.05) is 19.0 Å². The van der Waals surface area contributed by atoms with E-state index in [0.29, 0.717) is 5.82 Å². The molecular weight excluding hydrogens is 328 g/mol. The minimum atomic E-state index is -3.63. The van der Waals surface area contributed by atoms with E-state index in [4.69, 9.17) is 0 Å². The van der Waals surface area contributed by atoms with Gasteiger partial charge in [-0.2, -0.15) is 5.10 Å². The van der Waals surface area contributed by atoms with Crippen LogP contribution < -0.4 is 10.0 Å². The van der Waals surface area contributed by atoms with Gasteiger partial charge in [-0.3, -0.25) is 9.89 Å². The van der Waals surface area contributed by atoms with Crippen LogP contribution in [0.2, 0.25) is 0 Å². The van der Waals surface area contributed by atoms with Crippen molar-refractivity contribution in [2.45, 2.75) is 37.5 Å². The number of aromatic nitrogens is 2. The Morgan fingerprint density at radius 2 is 1.83 bits per heavy atom. The molecule has 0 aliphatic heterocycles. The first-order chi connectivity index (χ1) is 11.2. The molecule has 0 bridgehead atoms. The third-order valence-corrected chi connectivity index (χ3v) is 4.93. The van der Waals surface area contributed by atoms with Gasteiger partial charge in [-0.05, 0) is 23.1 Å². The van der Waals surface area contributed by atoms with E-state index in [-0.39, 0.29) is 29.2 Å². The van der Waals surface area contributed by atoms with Gasteiger partial charge in [0.15, 0.2) is 0 Å². The van der Waals surface area contributed by atoms with E-state index >= 15 is 0 Å². The first-order valence-corrected chi connectivity index (χ1v) is 9.06. The molecule has 24 heavy (non-hydrogen) atoms. The summed E-state index contributed by atoms with van der Waals surface area (Å²) in [6.45, 7) is 6.20. The quantitative estimate of drug-likeness (QED) is 0.741. The van der Waals surface area contributed by atoms with Crippen molar-refractivity contribution in [1.82, 2.24) is 14.9 Å². The number of amides is 1. The summed E-state index contributed by atoms with van der Waals surface area (Å²) in [5.41, 5.74) is 1.01. The monoisotopic (exact) mass is 350 g/mol. The van der Waals surface area contributed by atoms with Gasteiger partial charge in [-0.15, -0.1) is 0 Å². The van der Waals surface area contributed by atoms with Crippen LogP contribution in [0.25, 0.3) is 0 Å². The number of sulfonamides is 1. The average Bonchev–Trinajstić information content (AvgIpc) is 2.99. The Morgan fingerprint density at radius 1 is 1.17 bits per heavy atom. The second-order valence-corrected chi connectivity index (χ2v) is 8.21. The minimum Gasteiger partial charge on any atom is -0.311 e. The third-order valence-electron chi connectivity index (χ3n) is 3.45. The largest absolute Gasteiger partial charge is 0.311 e. The number of hydrogen-bond donors (Lipinski definition) is 3. The van der Waals surface area contributed by atoms with Crippen molar-refractivity contribution in [2.24, 2.45) is 0 Å². The van der Waals surface area contributed by atoms with Crippen LogP contribution in [-0.4, -0.2) is 31.1 Å². The van der Waals surface area contributed by atoms with Gasteiger partial charge in [-0.25, -0.2) is 13.1 Å². The number of benzene rings is 1. The summed E-state index contributed by atoms with van der Waals surface area (Å²) in [5, 5.41) is 8.88. The second kappa shape index (κ2) is 7.14. The van der Waals surface area contributed by atoms with E-state index in [1.54, 1.807) is 30.3 Å². The highest BCUT2D eigenvalue weighted by Gasteiger charge is 2.17. The van der Waals surface area contributed by atoms with E-state index in [9.17, 15) is 13.2 Å². The highest BCUT2D eigenvalue weighted by Crippen LogP contribution is 2.23. The number of rotatable bonds is 6. The van der Waals surface area contributed by atoms with Gasteiger partial charge >= 0.3 is 0 Å². The summed E-state index contributed by atoms with van der Waals surface area (Å²) < 4.78 is 26.9. The van der Waals surface area contributed by atoms with Gasteiger partial charge in [0.1, 0.15) is 5.82 Å². The number of anilines is 1. The summed E-state index contributed by atoms with van der Waals surface area (Å²) in [6.07, 6.45) is 1.54. The zero-order valence-corrected chi connectivity index (χ0v) is 14.8. The predicted octanol–water partition coefficient (Wildman–Crippen LogP) is 2.01. The normalized spacial score (nSPS) is 12.1. The van der Waals surface area contributed by atoms with E-state index in [1.165, 1.54) is 6.20 Å². The Balaban J connectivity index is 1.90. The van der Waals surface area contributed by atoms with Gasteiger partial charge < -0.3 is 5.32 Å². The van der Waals surface area contributed by atoms with Crippen molar-refractivity contribution in [3.05, 3.63) is 42.1 Å². The molecule has 0 aliphatic carbocycles. The van der Waals surface area contributed by atoms with Crippen LogP contribution in [0.15, 0.2) is 41.4 Å². The molecule has 8 heteroatoms. The molecule has 0 saturated carbocycles. The van der Waals surface area contributed by atoms with Gasteiger partial charge in [0.2, 0.25) is 15.9 Å². The van der Waals surface area contributed by atoms with Crippen LogP contribution in [0.3, 0.4) is 0 Å². The highest BCUT2D eigenvalue weighted by molar-refractivity contribution is 7.89. The molecule has 7 nitrogen and oxygen atoms in total. The van der Waals surface area contributed by atoms with E-state index in [2.05, 4.69) is 41.0 Å². The Bertz CT molecular complexity index is 776. The van der Waals surface area contributed by atoms with Crippen LogP contribution in [0.1, 0.15) is 32.8 Å². The van der Waals surface area contributed by atoms with Crippen molar-refractivity contribution in [1.29, 1.82) is 0 Å². The van der Waals surface area contributed by atoms with Crippen LogP contribution >= 0.6 is 0 Å². The Kier molecular flexibility index (Phi) is 5.40. The molecule has 1 aromatic heterocycles. The smallest absolute Gasteiger partial charge is 0.240 e. The van der Waals surface area contributed by atoms with Crippen LogP contribution in [-0.2, 0) is 20.2 Å². The molecule has 0 spiro atoms. The molecule has 0 saturated heterocycles. The standard InChI is InChI=1S/C16H22N4O3S/c1-16(2,3)12-4-6-13(7-5-12)24(22,23)18-11-9-15(21)19-14-8-10-17-20-14/h4-8,10,18H,9,11H2,1-3H3,(H2,17,19,20,21). The molecule has 130 valence electrons. The summed E-state index contributed by atoms with van der Waals surface area (Å²) in [4.78, 5) is 11.9. The van der Waals surface area contributed by atoms with Gasteiger partial charge in [-0.1, -0.05) is 32.9 Å². The van der Waals surface area contributed by atoms with Gasteiger partial charge in [0.25, 0.3) is 0 Å². The fourth-order valence-corrected chi connectivity index (χ4v) is 3.09. The lowest BCUT2D eigenvalue weighted by Gasteiger charge is -2.19. The van der Waals surface area contributed by atoms with Crippen LogP contribution in [0.5, 0.6) is 0 Å². The van der Waals surface area contributed by atoms with E-state index < -0.39 is 10.0 Å². The van der Waals surface area contributed by atoms with E-state index in [0.717, 1.165) is 5.56 Å². The van der Waals surface area contributed by atoms with Crippen LogP contribution in [0.4, 0.5) is 5.82 Å². The lowest BCUT2D eigenvalue weighted by atomic mass is 9.87. The van der Waals surface area contributed by atoms with Crippen LogP contribution in [0, 0.1) is 0 Å². The molecule has 1 amide bonds. The maximum atomic E-state index is 12.2. The summed E-state index contributed by atoms with van der Waals surface area (Å²) in [5.74, 6) is 0.172. The van der Waals surface area contributed by atoms with Crippen molar-refractivity contribution in [3.8, 4) is 0 Å². The fraction of sp³-hybridized carbons (Fsp3) is 0.375. The predicted molar refractivity (Wildman–Crippen MR) is 92.2 cm³/mol. The molecule has 0 aliphatic rings. The number of carbonyl (C=O) groups excluding carboxylic acids is 1. The molecule has 0 unspecified atom stereocenters. The average molecular weight is 350 g/mol. The Labute approximate surface area is 141 Å². The molecule has 0 radical (unpaired) electrons. The number of nitrogens with zero attached hydrogens (tertiary/aromatic N) is 1. The minimum absolute atomic E-state index is 0.0172. The third kappa shape index (κ3) is 4.90. The molecule has 1 heterocycles. The van der Waals surface area contributed by atoms with Gasteiger partial charge in [0.05, 0.1) is 11.1 Å². The molecule has 1 aromatic carbocycles. The lowest BCUT2D eigenvalue weighted by molar-refractivity contribution is -0.116. The molecule has 0 atom stereocenters. The number of carbonyl (C=O) groups is 1. The topological polar surface area (TPSA) is 104 Å². The molecule has 2 rings (SSSR count). The van der Waals surface area contributed by atoms with Crippen molar-refractivity contribution in [2.75, 3.05) is 11.9 Å². The summed E-state index contributed by atoms with van der Waals surface area (Å²) in [6, 6.07) is 8.37.